The van der Waals surface area contributed by atoms with Gasteiger partial charge in [-0.2, -0.15) is 0 Å². The summed E-state index contributed by atoms with van der Waals surface area (Å²) in [4.78, 5) is 0. The van der Waals surface area contributed by atoms with Crippen LogP contribution in [0.15, 0.2) is 0 Å². The van der Waals surface area contributed by atoms with Gasteiger partial charge in [-0.3, -0.25) is 0 Å². The van der Waals surface area contributed by atoms with Crippen LogP contribution in [0.1, 0.15) is 7.43 Å². The van der Waals surface area contributed by atoms with E-state index in [1.807, 2.05) is 0 Å². The van der Waals surface area contributed by atoms with Gasteiger partial charge in [0.25, 0.3) is 0 Å². The molecule has 0 N–H and O–H groups in total. The zero-order chi connectivity index (χ0) is 0. The largest absolute Gasteiger partial charge is 0.0776 e. The third-order valence-electron chi connectivity index (χ3n) is 0. The standard InChI is InChI=1S/CH4.Cr.Fe.Ni.Si/h1H4;;;;. The van der Waals surface area contributed by atoms with Crippen molar-refractivity contribution in [2.75, 3.05) is 0 Å². The van der Waals surface area contributed by atoms with Crippen LogP contribution in [0.5, 0.6) is 0 Å². The molecule has 0 saturated carbocycles. The zero-order valence-corrected chi connectivity index (χ0v) is 5.94. The molecule has 0 aliphatic rings. The van der Waals surface area contributed by atoms with Crippen LogP contribution in [0, 0.1) is 0 Å². The van der Waals surface area contributed by atoms with E-state index in [1.165, 1.54) is 0 Å². The van der Waals surface area contributed by atoms with Gasteiger partial charge in [-0.15, -0.1) is 0 Å². The summed E-state index contributed by atoms with van der Waals surface area (Å²) < 4.78 is 0. The summed E-state index contributed by atoms with van der Waals surface area (Å²) in [5.74, 6) is 0. The van der Waals surface area contributed by atoms with Crippen molar-refractivity contribution >= 4 is 11.0 Å². The monoisotopic (exact) mass is 210 g/mol. The van der Waals surface area contributed by atoms with Crippen molar-refractivity contribution in [2.24, 2.45) is 0 Å². The van der Waals surface area contributed by atoms with Crippen LogP contribution in [0.25, 0.3) is 0 Å². The predicted molar refractivity (Wildman–Crippen MR) is 12.5 cm³/mol. The van der Waals surface area contributed by atoms with E-state index in [0.29, 0.717) is 0 Å². The Kier molecular flexibility index (Phi) is 608. The summed E-state index contributed by atoms with van der Waals surface area (Å²) in [6.45, 7) is 0. The average Bonchev–Trinajstić information content (AvgIpc) is 0. The molecule has 0 aromatic carbocycles. The topological polar surface area (TPSA) is 0 Å². The molecule has 0 bridgehead atoms. The second kappa shape index (κ2) is 42.1. The van der Waals surface area contributed by atoms with Crippen LogP contribution >= 0.6 is 0 Å². The van der Waals surface area contributed by atoms with Gasteiger partial charge in [-0.05, 0) is 0 Å². The summed E-state index contributed by atoms with van der Waals surface area (Å²) in [6, 6.07) is 0. The molecule has 0 fully saturated rings. The van der Waals surface area contributed by atoms with E-state index in [-0.39, 0.29) is 69.3 Å². The fourth-order valence-electron chi connectivity index (χ4n) is 0. The molecular formula is CH4CrFeNiSi. The van der Waals surface area contributed by atoms with Gasteiger partial charge in [-0.25, -0.2) is 0 Å². The van der Waals surface area contributed by atoms with Crippen LogP contribution in [0.4, 0.5) is 0 Å². The van der Waals surface area contributed by atoms with Gasteiger partial charge in [0.05, 0.1) is 0 Å². The first-order chi connectivity index (χ1) is 0. The number of hydrogen-bond acceptors (Lipinski definition) is 0. The first-order valence-electron chi connectivity index (χ1n) is 0. The van der Waals surface area contributed by atoms with Crippen molar-refractivity contribution in [1.82, 2.24) is 0 Å². The van der Waals surface area contributed by atoms with E-state index in [4.69, 9.17) is 0 Å². The molecule has 0 nitrogen and oxygen atoms in total. The summed E-state index contributed by atoms with van der Waals surface area (Å²) in [5, 5.41) is 0. The van der Waals surface area contributed by atoms with Crippen LogP contribution < -0.4 is 0 Å². The zero-order valence-electron chi connectivity index (χ0n) is 1.58. The fourth-order valence-corrected chi connectivity index (χ4v) is 0. The van der Waals surface area contributed by atoms with E-state index in [9.17, 15) is 0 Å². The minimum Gasteiger partial charge on any atom is -0.0776 e. The summed E-state index contributed by atoms with van der Waals surface area (Å²) in [7, 11) is 0. The van der Waals surface area contributed by atoms with Crippen LogP contribution in [-0.2, 0) is 50.9 Å². The first-order valence-corrected chi connectivity index (χ1v) is 0. The maximum Gasteiger partial charge on any atom is 0 e. The minimum atomic E-state index is 0. The van der Waals surface area contributed by atoms with Crippen molar-refractivity contribution in [3.63, 3.8) is 0 Å². The second-order valence-electron chi connectivity index (χ2n) is 0. The molecule has 0 saturated heterocycles. The summed E-state index contributed by atoms with van der Waals surface area (Å²) >= 11 is 0. The fraction of sp³-hybridized carbons (Fsp3) is 1.00. The summed E-state index contributed by atoms with van der Waals surface area (Å²) in [5.41, 5.74) is 0. The van der Waals surface area contributed by atoms with Crippen molar-refractivity contribution < 1.29 is 50.9 Å². The van der Waals surface area contributed by atoms with Crippen LogP contribution in [0.2, 0.25) is 0 Å². The molecule has 0 amide bonds. The quantitative estimate of drug-likeness (QED) is 0.503. The van der Waals surface area contributed by atoms with E-state index in [1.54, 1.807) is 0 Å². The van der Waals surface area contributed by atoms with Gasteiger partial charge in [0.1, 0.15) is 0 Å². The molecule has 0 spiro atoms. The first kappa shape index (κ1) is 72.3. The van der Waals surface area contributed by atoms with E-state index in [0.717, 1.165) is 0 Å². The normalized spacial score (nSPS) is 0. The third kappa shape index (κ3) is 26.3. The van der Waals surface area contributed by atoms with Crippen LogP contribution in [0.3, 0.4) is 0 Å². The Morgan fingerprint density at radius 3 is 1.00 bits per heavy atom. The molecule has 0 aromatic heterocycles. The number of hydrogen-bond donors (Lipinski definition) is 0. The Morgan fingerprint density at radius 2 is 1.00 bits per heavy atom. The van der Waals surface area contributed by atoms with Crippen molar-refractivity contribution in [1.29, 1.82) is 0 Å². The smallest absolute Gasteiger partial charge is 0 e. The van der Waals surface area contributed by atoms with Gasteiger partial charge in [-0.1, -0.05) is 7.43 Å². The van der Waals surface area contributed by atoms with Gasteiger partial charge >= 0.3 is 0 Å². The average molecular weight is 211 g/mol. The molecule has 4 heteroatoms. The molecule has 0 unspecified atom stereocenters. The van der Waals surface area contributed by atoms with Gasteiger partial charge in [0.15, 0.2) is 0 Å². The molecule has 0 rings (SSSR count). The summed E-state index contributed by atoms with van der Waals surface area (Å²) in [6.07, 6.45) is 0. The second-order valence-corrected chi connectivity index (χ2v) is 0. The predicted octanol–water partition coefficient (Wildman–Crippen LogP) is 0.248. The Balaban J connectivity index is 0. The molecule has 4 radical (unpaired) electrons. The molecule has 0 atom stereocenters. The Bertz CT molecular complexity index is 11.6. The molecule has 36 valence electrons. The molecule has 0 aliphatic carbocycles. The van der Waals surface area contributed by atoms with Crippen molar-refractivity contribution in [3.05, 3.63) is 0 Å². The van der Waals surface area contributed by atoms with Crippen molar-refractivity contribution in [3.8, 4) is 0 Å². The molecule has 0 aromatic rings. The van der Waals surface area contributed by atoms with Gasteiger partial charge in [0, 0.05) is 61.9 Å². The molecule has 5 heavy (non-hydrogen) atoms. The van der Waals surface area contributed by atoms with E-state index < -0.39 is 0 Å². The molecule has 0 heterocycles. The minimum absolute atomic E-state index is 0. The van der Waals surface area contributed by atoms with E-state index in [2.05, 4.69) is 0 Å². The van der Waals surface area contributed by atoms with E-state index >= 15 is 0 Å². The SMILES string of the molecule is C.[Cr].[Fe].[Ni].[Si]. The Morgan fingerprint density at radius 1 is 1.00 bits per heavy atom. The third-order valence-corrected chi connectivity index (χ3v) is 0. The maximum atomic E-state index is 0. The Hall–Kier alpha value is 1.76. The van der Waals surface area contributed by atoms with Gasteiger partial charge < -0.3 is 0 Å². The van der Waals surface area contributed by atoms with Gasteiger partial charge in [0.2, 0.25) is 0 Å². The van der Waals surface area contributed by atoms with Crippen molar-refractivity contribution in [2.45, 2.75) is 7.43 Å². The molecule has 0 aliphatic heterocycles. The number of rotatable bonds is 0. The maximum absolute atomic E-state index is 0. The molecular weight excluding hydrogens is 207 g/mol. The van der Waals surface area contributed by atoms with Crippen LogP contribution in [-0.4, -0.2) is 11.0 Å². The Labute approximate surface area is 69.0 Å².